The summed E-state index contributed by atoms with van der Waals surface area (Å²) in [7, 11) is 0. The molecule has 6 heteroatoms. The fraction of sp³-hybridized carbons (Fsp3) is 0.688. The molecule has 22 heavy (non-hydrogen) atoms. The number of aromatic nitrogens is 2. The number of hydrogen-bond donors (Lipinski definition) is 2. The molecule has 2 heterocycles. The van der Waals surface area contributed by atoms with Gasteiger partial charge in [0.2, 0.25) is 0 Å². The number of likely N-dealkylation sites (tertiary alicyclic amines) is 1. The summed E-state index contributed by atoms with van der Waals surface area (Å²) >= 11 is 0. The Labute approximate surface area is 129 Å². The molecular formula is C16H23N3O3. The normalized spacial score (nSPS) is 23.5. The number of piperidine rings is 1. The highest BCUT2D eigenvalue weighted by Crippen LogP contribution is 2.32. The maximum atomic E-state index is 12.6. The van der Waals surface area contributed by atoms with Crippen molar-refractivity contribution < 1.29 is 14.7 Å². The Morgan fingerprint density at radius 1 is 1.14 bits per heavy atom. The summed E-state index contributed by atoms with van der Waals surface area (Å²) in [5.74, 6) is -0.721. The minimum absolute atomic E-state index is 0.259. The molecule has 1 unspecified atom stereocenters. The average Bonchev–Trinajstić information content (AvgIpc) is 3.05. The molecule has 0 aromatic carbocycles. The van der Waals surface area contributed by atoms with E-state index in [-0.39, 0.29) is 5.91 Å². The van der Waals surface area contributed by atoms with Crippen molar-refractivity contribution in [1.29, 1.82) is 0 Å². The number of H-pyrrole nitrogens is 1. The van der Waals surface area contributed by atoms with Crippen LogP contribution in [-0.2, 0) is 4.79 Å². The van der Waals surface area contributed by atoms with E-state index in [1.165, 1.54) is 24.2 Å². The zero-order valence-electron chi connectivity index (χ0n) is 12.8. The van der Waals surface area contributed by atoms with E-state index in [2.05, 4.69) is 10.2 Å². The summed E-state index contributed by atoms with van der Waals surface area (Å²) in [5, 5.41) is 16.4. The molecule has 0 bridgehead atoms. The van der Waals surface area contributed by atoms with Crippen molar-refractivity contribution >= 4 is 11.9 Å². The number of carbonyl (C=O) groups excluding carboxylic acids is 1. The number of amides is 1. The first-order valence-corrected chi connectivity index (χ1v) is 8.26. The number of aromatic amines is 1. The first kappa shape index (κ1) is 15.1. The topological polar surface area (TPSA) is 86.3 Å². The highest BCUT2D eigenvalue weighted by Gasteiger charge is 2.33. The van der Waals surface area contributed by atoms with Crippen LogP contribution in [0.4, 0.5) is 0 Å². The molecule has 1 amide bonds. The van der Waals surface area contributed by atoms with Crippen molar-refractivity contribution in [2.24, 2.45) is 0 Å². The van der Waals surface area contributed by atoms with Crippen LogP contribution < -0.4 is 0 Å². The Bertz CT molecular complexity index is 549. The molecule has 1 saturated carbocycles. The van der Waals surface area contributed by atoms with Crippen LogP contribution in [0.2, 0.25) is 0 Å². The smallest absolute Gasteiger partial charge is 0.326 e. The largest absolute Gasteiger partial charge is 0.480 e. The fourth-order valence-corrected chi connectivity index (χ4v) is 3.65. The van der Waals surface area contributed by atoms with Crippen molar-refractivity contribution in [2.45, 2.75) is 63.3 Å². The van der Waals surface area contributed by atoms with Crippen LogP contribution in [0.3, 0.4) is 0 Å². The third-order valence-electron chi connectivity index (χ3n) is 4.91. The lowest BCUT2D eigenvalue weighted by Crippen LogP contribution is -2.48. The third kappa shape index (κ3) is 3.00. The van der Waals surface area contributed by atoms with E-state index >= 15 is 0 Å². The van der Waals surface area contributed by atoms with Gasteiger partial charge >= 0.3 is 5.97 Å². The van der Waals surface area contributed by atoms with Gasteiger partial charge in [-0.25, -0.2) is 4.79 Å². The highest BCUT2D eigenvalue weighted by molar-refractivity contribution is 5.95. The number of rotatable bonds is 3. The molecule has 120 valence electrons. The van der Waals surface area contributed by atoms with Gasteiger partial charge in [0, 0.05) is 18.2 Å². The van der Waals surface area contributed by atoms with Crippen LogP contribution >= 0.6 is 0 Å². The van der Waals surface area contributed by atoms with Gasteiger partial charge in [0.1, 0.15) is 11.7 Å². The molecule has 1 aliphatic heterocycles. The predicted octanol–water partition coefficient (Wildman–Crippen LogP) is 2.54. The van der Waals surface area contributed by atoms with Gasteiger partial charge < -0.3 is 10.0 Å². The molecule has 2 fully saturated rings. The van der Waals surface area contributed by atoms with Crippen LogP contribution in [-0.4, -0.2) is 44.7 Å². The molecule has 1 aromatic heterocycles. The Morgan fingerprint density at radius 3 is 2.59 bits per heavy atom. The van der Waals surface area contributed by atoms with Crippen molar-refractivity contribution in [1.82, 2.24) is 15.1 Å². The van der Waals surface area contributed by atoms with Crippen LogP contribution in [0, 0.1) is 0 Å². The summed E-state index contributed by atoms with van der Waals surface area (Å²) in [6, 6.07) is 1.11. The number of carbonyl (C=O) groups is 2. The van der Waals surface area contributed by atoms with E-state index in [9.17, 15) is 14.7 Å². The molecule has 1 saturated heterocycles. The number of aliphatic carboxylic acids is 1. The summed E-state index contributed by atoms with van der Waals surface area (Å²) in [6.45, 7) is 0.501. The lowest BCUT2D eigenvalue weighted by atomic mass is 9.87. The van der Waals surface area contributed by atoms with Gasteiger partial charge in [-0.2, -0.15) is 5.10 Å². The van der Waals surface area contributed by atoms with Gasteiger partial charge in [-0.15, -0.1) is 0 Å². The number of nitrogens with one attached hydrogen (secondary N) is 1. The van der Waals surface area contributed by atoms with Crippen molar-refractivity contribution in [3.63, 3.8) is 0 Å². The van der Waals surface area contributed by atoms with Crippen molar-refractivity contribution in [3.8, 4) is 0 Å². The van der Waals surface area contributed by atoms with Crippen LogP contribution in [0.1, 0.15) is 73.5 Å². The van der Waals surface area contributed by atoms with Crippen molar-refractivity contribution in [2.75, 3.05) is 6.54 Å². The second-order valence-electron chi connectivity index (χ2n) is 6.39. The van der Waals surface area contributed by atoms with E-state index in [4.69, 9.17) is 0 Å². The zero-order valence-corrected chi connectivity index (χ0v) is 12.8. The summed E-state index contributed by atoms with van der Waals surface area (Å²) < 4.78 is 0. The van der Waals surface area contributed by atoms with Gasteiger partial charge in [-0.3, -0.25) is 9.89 Å². The first-order valence-electron chi connectivity index (χ1n) is 8.26. The molecule has 2 aliphatic rings. The maximum absolute atomic E-state index is 12.6. The van der Waals surface area contributed by atoms with E-state index in [0.29, 0.717) is 24.6 Å². The van der Waals surface area contributed by atoms with E-state index in [0.717, 1.165) is 31.4 Å². The molecule has 1 aliphatic carbocycles. The van der Waals surface area contributed by atoms with Crippen LogP contribution in [0.5, 0.6) is 0 Å². The summed E-state index contributed by atoms with van der Waals surface area (Å²) in [5.41, 5.74) is 1.38. The maximum Gasteiger partial charge on any atom is 0.326 e. The fourth-order valence-electron chi connectivity index (χ4n) is 3.65. The Morgan fingerprint density at radius 2 is 1.86 bits per heavy atom. The first-order chi connectivity index (χ1) is 10.7. The van der Waals surface area contributed by atoms with Crippen LogP contribution in [0.25, 0.3) is 0 Å². The molecule has 1 atom stereocenters. The Balaban J connectivity index is 1.74. The SMILES string of the molecule is O=C(O)C1CCCCN1C(=O)c1cc(C2CCCCC2)[nH]n1. The molecule has 0 spiro atoms. The quantitative estimate of drug-likeness (QED) is 0.898. The highest BCUT2D eigenvalue weighted by atomic mass is 16.4. The van der Waals surface area contributed by atoms with Gasteiger partial charge in [-0.1, -0.05) is 19.3 Å². The van der Waals surface area contributed by atoms with Gasteiger partial charge in [0.15, 0.2) is 0 Å². The van der Waals surface area contributed by atoms with E-state index < -0.39 is 12.0 Å². The standard InChI is InChI=1S/C16H23N3O3/c20-15(19-9-5-4-8-14(19)16(21)22)13-10-12(17-18-13)11-6-2-1-3-7-11/h10-11,14H,1-9H2,(H,17,18)(H,21,22). The average molecular weight is 305 g/mol. The molecule has 1 aromatic rings. The van der Waals surface area contributed by atoms with Gasteiger partial charge in [0.05, 0.1) is 0 Å². The Kier molecular flexibility index (Phi) is 4.45. The predicted molar refractivity (Wildman–Crippen MR) is 80.7 cm³/mol. The number of carboxylic acids is 1. The minimum atomic E-state index is -0.920. The molecule has 0 radical (unpaired) electrons. The molecule has 2 N–H and O–H groups in total. The van der Waals surface area contributed by atoms with E-state index in [1.807, 2.05) is 6.07 Å². The number of carboxylic acid groups (broad SMARTS) is 1. The summed E-state index contributed by atoms with van der Waals surface area (Å²) in [6.07, 6.45) is 8.24. The lowest BCUT2D eigenvalue weighted by Gasteiger charge is -2.32. The van der Waals surface area contributed by atoms with Crippen molar-refractivity contribution in [3.05, 3.63) is 17.5 Å². The molecule has 3 rings (SSSR count). The second kappa shape index (κ2) is 6.50. The second-order valence-corrected chi connectivity index (χ2v) is 6.39. The number of nitrogens with zero attached hydrogens (tertiary/aromatic N) is 2. The monoisotopic (exact) mass is 305 g/mol. The zero-order chi connectivity index (χ0) is 15.5. The molecular weight excluding hydrogens is 282 g/mol. The lowest BCUT2D eigenvalue weighted by molar-refractivity contribution is -0.143. The third-order valence-corrected chi connectivity index (χ3v) is 4.91. The minimum Gasteiger partial charge on any atom is -0.480 e. The van der Waals surface area contributed by atoms with Gasteiger partial charge in [0.25, 0.3) is 5.91 Å². The van der Waals surface area contributed by atoms with E-state index in [1.54, 1.807) is 0 Å². The van der Waals surface area contributed by atoms with Crippen LogP contribution in [0.15, 0.2) is 6.07 Å². The molecule has 6 nitrogen and oxygen atoms in total. The Hall–Kier alpha value is -1.85. The summed E-state index contributed by atoms with van der Waals surface area (Å²) in [4.78, 5) is 25.4. The van der Waals surface area contributed by atoms with Gasteiger partial charge in [-0.05, 0) is 38.2 Å². The number of hydrogen-bond acceptors (Lipinski definition) is 3.